The van der Waals surface area contributed by atoms with Gasteiger partial charge in [0.1, 0.15) is 0 Å². The van der Waals surface area contributed by atoms with Gasteiger partial charge in [0.05, 0.1) is 22.2 Å². The first kappa shape index (κ1) is 19.1. The smallest absolute Gasteiger partial charge is 0.343 e. The summed E-state index contributed by atoms with van der Waals surface area (Å²) in [5, 5.41) is 5.24. The Bertz CT molecular complexity index is 793. The lowest BCUT2D eigenvalue weighted by Crippen LogP contribution is -2.32. The zero-order chi connectivity index (χ0) is 18.6. The van der Waals surface area contributed by atoms with Gasteiger partial charge < -0.3 is 10.6 Å². The van der Waals surface area contributed by atoms with E-state index in [0.29, 0.717) is 5.02 Å². The molecule has 0 bridgehead atoms. The predicted octanol–water partition coefficient (Wildman–Crippen LogP) is 4.38. The maximum atomic E-state index is 12.5. The molecule has 0 saturated carbocycles. The minimum atomic E-state index is -4.45. The van der Waals surface area contributed by atoms with Gasteiger partial charge in [-0.2, -0.15) is 13.2 Å². The van der Waals surface area contributed by atoms with E-state index in [0.717, 1.165) is 24.3 Å². The average molecular weight is 391 g/mol. The minimum Gasteiger partial charge on any atom is -0.343 e. The Morgan fingerprint density at radius 3 is 2.16 bits per heavy atom. The molecule has 25 heavy (non-hydrogen) atoms. The van der Waals surface area contributed by atoms with Crippen LogP contribution in [0.1, 0.15) is 15.9 Å². The van der Waals surface area contributed by atoms with E-state index in [1.54, 1.807) is 0 Å². The SMILES string of the molecule is O=C(CNC(=O)c1ccc(Cl)c(Cl)c1)Nc1ccc(C(F)(F)F)cc1. The molecule has 0 saturated heterocycles. The topological polar surface area (TPSA) is 58.2 Å². The summed E-state index contributed by atoms with van der Waals surface area (Å²) >= 11 is 11.5. The van der Waals surface area contributed by atoms with Crippen molar-refractivity contribution in [3.63, 3.8) is 0 Å². The summed E-state index contributed by atoms with van der Waals surface area (Å²) in [7, 11) is 0. The van der Waals surface area contributed by atoms with Gasteiger partial charge in [-0.1, -0.05) is 23.2 Å². The van der Waals surface area contributed by atoms with Crippen LogP contribution in [0.5, 0.6) is 0 Å². The maximum absolute atomic E-state index is 12.5. The van der Waals surface area contributed by atoms with Crippen LogP contribution in [-0.4, -0.2) is 18.4 Å². The zero-order valence-corrected chi connectivity index (χ0v) is 14.0. The van der Waals surface area contributed by atoms with Crippen LogP contribution < -0.4 is 10.6 Å². The third-order valence-electron chi connectivity index (χ3n) is 3.09. The van der Waals surface area contributed by atoms with Crippen molar-refractivity contribution < 1.29 is 22.8 Å². The van der Waals surface area contributed by atoms with Gasteiger partial charge in [-0.3, -0.25) is 9.59 Å². The number of hydrogen-bond acceptors (Lipinski definition) is 2. The van der Waals surface area contributed by atoms with Crippen LogP contribution >= 0.6 is 23.2 Å². The number of rotatable bonds is 4. The van der Waals surface area contributed by atoms with Gasteiger partial charge in [0.15, 0.2) is 0 Å². The highest BCUT2D eigenvalue weighted by molar-refractivity contribution is 6.42. The van der Waals surface area contributed by atoms with E-state index in [-0.39, 0.29) is 22.8 Å². The molecule has 0 atom stereocenters. The van der Waals surface area contributed by atoms with Crippen molar-refractivity contribution in [1.82, 2.24) is 5.32 Å². The highest BCUT2D eigenvalue weighted by Gasteiger charge is 2.29. The van der Waals surface area contributed by atoms with Gasteiger partial charge in [0.2, 0.25) is 5.91 Å². The first-order valence-corrected chi connectivity index (χ1v) is 7.63. The zero-order valence-electron chi connectivity index (χ0n) is 12.5. The van der Waals surface area contributed by atoms with Crippen molar-refractivity contribution in [2.24, 2.45) is 0 Å². The van der Waals surface area contributed by atoms with Crippen molar-refractivity contribution in [2.45, 2.75) is 6.18 Å². The van der Waals surface area contributed by atoms with Crippen LogP contribution in [0.15, 0.2) is 42.5 Å². The fourth-order valence-electron chi connectivity index (χ4n) is 1.85. The molecular formula is C16H11Cl2F3N2O2. The molecule has 0 radical (unpaired) electrons. The summed E-state index contributed by atoms with van der Waals surface area (Å²) in [6.07, 6.45) is -4.45. The molecule has 2 amide bonds. The second-order valence-electron chi connectivity index (χ2n) is 4.93. The molecule has 0 aliphatic heterocycles. The van der Waals surface area contributed by atoms with Crippen LogP contribution in [0.2, 0.25) is 10.0 Å². The number of alkyl halides is 3. The number of carbonyl (C=O) groups excluding carboxylic acids is 2. The highest BCUT2D eigenvalue weighted by atomic mass is 35.5. The molecular weight excluding hydrogens is 380 g/mol. The summed E-state index contributed by atoms with van der Waals surface area (Å²) < 4.78 is 37.4. The molecule has 4 nitrogen and oxygen atoms in total. The third-order valence-corrected chi connectivity index (χ3v) is 3.83. The largest absolute Gasteiger partial charge is 0.416 e. The summed E-state index contributed by atoms with van der Waals surface area (Å²) in [4.78, 5) is 23.7. The molecule has 0 spiro atoms. The van der Waals surface area contributed by atoms with E-state index in [1.165, 1.54) is 18.2 Å². The van der Waals surface area contributed by atoms with Gasteiger partial charge >= 0.3 is 6.18 Å². The summed E-state index contributed by atoms with van der Waals surface area (Å²) in [6, 6.07) is 8.20. The number of halogens is 5. The minimum absolute atomic E-state index is 0.182. The van der Waals surface area contributed by atoms with Crippen LogP contribution in [0, 0.1) is 0 Å². The lowest BCUT2D eigenvalue weighted by atomic mass is 10.2. The quantitative estimate of drug-likeness (QED) is 0.813. The second-order valence-corrected chi connectivity index (χ2v) is 5.75. The number of benzene rings is 2. The number of carbonyl (C=O) groups is 2. The molecule has 0 aromatic heterocycles. The predicted molar refractivity (Wildman–Crippen MR) is 88.9 cm³/mol. The summed E-state index contributed by atoms with van der Waals surface area (Å²) in [5.41, 5.74) is -0.420. The lowest BCUT2D eigenvalue weighted by Gasteiger charge is -2.09. The van der Waals surface area contributed by atoms with Gasteiger partial charge in [0.25, 0.3) is 5.91 Å². The van der Waals surface area contributed by atoms with Crippen LogP contribution in [0.3, 0.4) is 0 Å². The van der Waals surface area contributed by atoms with E-state index in [4.69, 9.17) is 23.2 Å². The van der Waals surface area contributed by atoms with E-state index < -0.39 is 23.6 Å². The normalized spacial score (nSPS) is 11.1. The summed E-state index contributed by atoms with van der Waals surface area (Å²) in [6.45, 7) is -0.361. The number of nitrogens with one attached hydrogen (secondary N) is 2. The molecule has 2 aromatic rings. The molecule has 9 heteroatoms. The van der Waals surface area contributed by atoms with Crippen LogP contribution in [0.4, 0.5) is 18.9 Å². The standard InChI is InChI=1S/C16H11Cl2F3N2O2/c17-12-6-1-9(7-13(12)18)15(25)22-8-14(24)23-11-4-2-10(3-5-11)16(19,20)21/h1-7H,8H2,(H,22,25)(H,23,24). The molecule has 0 fully saturated rings. The Balaban J connectivity index is 1.90. The fourth-order valence-corrected chi connectivity index (χ4v) is 2.15. The van der Waals surface area contributed by atoms with Gasteiger partial charge in [-0.05, 0) is 42.5 Å². The van der Waals surface area contributed by atoms with Gasteiger partial charge in [-0.15, -0.1) is 0 Å². The Hall–Kier alpha value is -2.25. The van der Waals surface area contributed by atoms with Crippen molar-refractivity contribution in [3.8, 4) is 0 Å². The van der Waals surface area contributed by atoms with E-state index >= 15 is 0 Å². The Labute approximate surface area is 150 Å². The number of amides is 2. The molecule has 132 valence electrons. The Kier molecular flexibility index (Phi) is 5.92. The molecule has 0 aliphatic rings. The van der Waals surface area contributed by atoms with Gasteiger partial charge in [0, 0.05) is 11.3 Å². The summed E-state index contributed by atoms with van der Waals surface area (Å²) in [5.74, 6) is -1.13. The molecule has 2 N–H and O–H groups in total. The highest BCUT2D eigenvalue weighted by Crippen LogP contribution is 2.29. The average Bonchev–Trinajstić information content (AvgIpc) is 2.55. The lowest BCUT2D eigenvalue weighted by molar-refractivity contribution is -0.137. The van der Waals surface area contributed by atoms with Crippen molar-refractivity contribution in [1.29, 1.82) is 0 Å². The van der Waals surface area contributed by atoms with E-state index in [1.807, 2.05) is 0 Å². The monoisotopic (exact) mass is 390 g/mol. The van der Waals surface area contributed by atoms with Crippen LogP contribution in [0.25, 0.3) is 0 Å². The molecule has 0 heterocycles. The number of anilines is 1. The maximum Gasteiger partial charge on any atom is 0.416 e. The van der Waals surface area contributed by atoms with Gasteiger partial charge in [-0.25, -0.2) is 0 Å². The fraction of sp³-hybridized carbons (Fsp3) is 0.125. The van der Waals surface area contributed by atoms with Crippen molar-refractivity contribution in [3.05, 3.63) is 63.6 Å². The van der Waals surface area contributed by atoms with Crippen molar-refractivity contribution in [2.75, 3.05) is 11.9 Å². The van der Waals surface area contributed by atoms with E-state index in [9.17, 15) is 22.8 Å². The van der Waals surface area contributed by atoms with Crippen molar-refractivity contribution >= 4 is 40.7 Å². The Morgan fingerprint density at radius 2 is 1.60 bits per heavy atom. The first-order valence-electron chi connectivity index (χ1n) is 6.87. The molecule has 2 rings (SSSR count). The first-order chi connectivity index (χ1) is 11.7. The third kappa shape index (κ3) is 5.37. The van der Waals surface area contributed by atoms with Crippen LogP contribution in [-0.2, 0) is 11.0 Å². The molecule has 2 aromatic carbocycles. The Morgan fingerprint density at radius 1 is 0.960 bits per heavy atom. The second kappa shape index (κ2) is 7.76. The van der Waals surface area contributed by atoms with E-state index in [2.05, 4.69) is 10.6 Å². The number of hydrogen-bond donors (Lipinski definition) is 2. The molecule has 0 unspecified atom stereocenters. The molecule has 0 aliphatic carbocycles.